The quantitative estimate of drug-likeness (QED) is 0.817. The van der Waals surface area contributed by atoms with Gasteiger partial charge in [-0.2, -0.15) is 0 Å². The minimum absolute atomic E-state index is 0.255. The fraction of sp³-hybridized carbons (Fsp3) is 0.143. The van der Waals surface area contributed by atoms with Crippen LogP contribution in [0, 0.1) is 5.82 Å². The van der Waals surface area contributed by atoms with Gasteiger partial charge in [0.1, 0.15) is 5.82 Å². The van der Waals surface area contributed by atoms with E-state index in [2.05, 4.69) is 0 Å². The Morgan fingerprint density at radius 1 is 1.06 bits per heavy atom. The van der Waals surface area contributed by atoms with E-state index in [4.69, 9.17) is 11.5 Å². The Morgan fingerprint density at radius 2 is 1.78 bits per heavy atom. The summed E-state index contributed by atoms with van der Waals surface area (Å²) in [7, 11) is 0. The smallest absolute Gasteiger partial charge is 0.146 e. The Balaban J connectivity index is 2.45. The summed E-state index contributed by atoms with van der Waals surface area (Å²) < 4.78 is 13.8. The lowest BCUT2D eigenvalue weighted by Crippen LogP contribution is -2.17. The van der Waals surface area contributed by atoms with Crippen molar-refractivity contribution in [1.29, 1.82) is 0 Å². The maximum atomic E-state index is 13.8. The molecule has 0 bridgehead atoms. The summed E-state index contributed by atoms with van der Waals surface area (Å²) in [6.07, 6.45) is 0. The van der Waals surface area contributed by atoms with Gasteiger partial charge in [0.05, 0.1) is 17.1 Å². The third-order valence-electron chi connectivity index (χ3n) is 2.84. The van der Waals surface area contributed by atoms with Crippen molar-refractivity contribution in [2.45, 2.75) is 6.92 Å². The average Bonchev–Trinajstić information content (AvgIpc) is 2.37. The van der Waals surface area contributed by atoms with E-state index in [0.717, 1.165) is 5.69 Å². The van der Waals surface area contributed by atoms with E-state index in [9.17, 15) is 4.39 Å². The summed E-state index contributed by atoms with van der Waals surface area (Å²) in [6, 6.07) is 12.0. The largest absolute Gasteiger partial charge is 0.397 e. The maximum Gasteiger partial charge on any atom is 0.146 e. The highest BCUT2D eigenvalue weighted by Crippen LogP contribution is 2.30. The normalized spacial score (nSPS) is 10.3. The molecular formula is C14H16FN3. The highest BCUT2D eigenvalue weighted by atomic mass is 19.1. The number of anilines is 4. The minimum Gasteiger partial charge on any atom is -0.397 e. The lowest BCUT2D eigenvalue weighted by Gasteiger charge is -2.24. The molecule has 0 saturated carbocycles. The van der Waals surface area contributed by atoms with Crippen LogP contribution in [0.15, 0.2) is 42.5 Å². The van der Waals surface area contributed by atoms with Gasteiger partial charge >= 0.3 is 0 Å². The molecule has 94 valence electrons. The molecule has 2 rings (SSSR count). The number of hydrogen-bond donors (Lipinski definition) is 2. The van der Waals surface area contributed by atoms with Gasteiger partial charge in [-0.15, -0.1) is 0 Å². The van der Waals surface area contributed by atoms with Crippen molar-refractivity contribution in [3.8, 4) is 0 Å². The summed E-state index contributed by atoms with van der Waals surface area (Å²) in [5.74, 6) is -0.255. The zero-order chi connectivity index (χ0) is 13.1. The Hall–Kier alpha value is -2.23. The first-order valence-corrected chi connectivity index (χ1v) is 5.80. The fourth-order valence-corrected chi connectivity index (χ4v) is 1.89. The van der Waals surface area contributed by atoms with Crippen LogP contribution in [-0.4, -0.2) is 6.54 Å². The number of benzene rings is 2. The van der Waals surface area contributed by atoms with Crippen molar-refractivity contribution < 1.29 is 4.39 Å². The first kappa shape index (κ1) is 12.2. The van der Waals surface area contributed by atoms with E-state index in [-0.39, 0.29) is 5.82 Å². The van der Waals surface area contributed by atoms with Crippen LogP contribution in [-0.2, 0) is 0 Å². The molecule has 0 aromatic heterocycles. The first-order chi connectivity index (χ1) is 8.63. The highest BCUT2D eigenvalue weighted by Gasteiger charge is 2.12. The summed E-state index contributed by atoms with van der Waals surface area (Å²) in [5.41, 5.74) is 13.9. The molecule has 0 spiro atoms. The molecule has 0 heterocycles. The van der Waals surface area contributed by atoms with Crippen LogP contribution in [0.4, 0.5) is 27.1 Å². The number of nitrogens with two attached hydrogens (primary N) is 2. The summed E-state index contributed by atoms with van der Waals surface area (Å²) in [4.78, 5) is 1.85. The number of nitrogen functional groups attached to an aromatic ring is 2. The van der Waals surface area contributed by atoms with Crippen LogP contribution < -0.4 is 16.4 Å². The molecule has 2 aromatic carbocycles. The molecule has 0 aliphatic heterocycles. The SMILES string of the molecule is CCN(c1ccc(N)c(N)c1)c1ccccc1F. The Kier molecular flexibility index (Phi) is 3.37. The van der Waals surface area contributed by atoms with Gasteiger partial charge in [0.15, 0.2) is 0 Å². The molecule has 0 aliphatic carbocycles. The lowest BCUT2D eigenvalue weighted by atomic mass is 10.2. The second-order valence-corrected chi connectivity index (χ2v) is 4.01. The number of para-hydroxylation sites is 1. The molecule has 3 nitrogen and oxygen atoms in total. The van der Waals surface area contributed by atoms with Gasteiger partial charge in [-0.25, -0.2) is 4.39 Å². The zero-order valence-electron chi connectivity index (χ0n) is 10.2. The van der Waals surface area contributed by atoms with Gasteiger partial charge in [0.2, 0.25) is 0 Å². The highest BCUT2D eigenvalue weighted by molar-refractivity contribution is 5.73. The second-order valence-electron chi connectivity index (χ2n) is 4.01. The van der Waals surface area contributed by atoms with Crippen molar-refractivity contribution in [2.75, 3.05) is 22.9 Å². The molecule has 0 amide bonds. The van der Waals surface area contributed by atoms with E-state index < -0.39 is 0 Å². The van der Waals surface area contributed by atoms with E-state index in [0.29, 0.717) is 23.6 Å². The number of hydrogen-bond acceptors (Lipinski definition) is 3. The Morgan fingerprint density at radius 3 is 2.39 bits per heavy atom. The summed E-state index contributed by atoms with van der Waals surface area (Å²) in [5, 5.41) is 0. The fourth-order valence-electron chi connectivity index (χ4n) is 1.89. The van der Waals surface area contributed by atoms with E-state index in [1.807, 2.05) is 24.0 Å². The standard InChI is InChI=1S/C14H16FN3/c1-2-18(14-6-4-3-5-11(14)15)10-7-8-12(16)13(17)9-10/h3-9H,2,16-17H2,1H3. The molecule has 0 atom stereocenters. The minimum atomic E-state index is -0.255. The van der Waals surface area contributed by atoms with E-state index >= 15 is 0 Å². The average molecular weight is 245 g/mol. The zero-order valence-corrected chi connectivity index (χ0v) is 10.2. The molecule has 0 unspecified atom stereocenters. The van der Waals surface area contributed by atoms with Crippen molar-refractivity contribution in [3.05, 3.63) is 48.3 Å². The van der Waals surface area contributed by atoms with Gasteiger partial charge < -0.3 is 16.4 Å². The number of halogens is 1. The van der Waals surface area contributed by atoms with Crippen LogP contribution in [0.5, 0.6) is 0 Å². The van der Waals surface area contributed by atoms with Crippen LogP contribution in [0.1, 0.15) is 6.92 Å². The predicted octanol–water partition coefficient (Wildman–Crippen LogP) is 3.15. The third-order valence-corrected chi connectivity index (χ3v) is 2.84. The number of nitrogens with zero attached hydrogens (tertiary/aromatic N) is 1. The third kappa shape index (κ3) is 2.22. The monoisotopic (exact) mass is 245 g/mol. The predicted molar refractivity (Wildman–Crippen MR) is 74.3 cm³/mol. The van der Waals surface area contributed by atoms with Gasteiger partial charge in [0.25, 0.3) is 0 Å². The molecule has 4 heteroatoms. The van der Waals surface area contributed by atoms with Crippen LogP contribution in [0.3, 0.4) is 0 Å². The molecule has 4 N–H and O–H groups in total. The lowest BCUT2D eigenvalue weighted by molar-refractivity contribution is 0.625. The van der Waals surface area contributed by atoms with Crippen molar-refractivity contribution in [3.63, 3.8) is 0 Å². The van der Waals surface area contributed by atoms with Crippen molar-refractivity contribution >= 4 is 22.7 Å². The number of rotatable bonds is 3. The van der Waals surface area contributed by atoms with Gasteiger partial charge in [0, 0.05) is 12.2 Å². The molecule has 18 heavy (non-hydrogen) atoms. The maximum absolute atomic E-state index is 13.8. The van der Waals surface area contributed by atoms with Crippen molar-refractivity contribution in [2.24, 2.45) is 0 Å². The molecule has 0 aliphatic rings. The topological polar surface area (TPSA) is 55.3 Å². The molecule has 0 saturated heterocycles. The molecule has 0 fully saturated rings. The van der Waals surface area contributed by atoms with E-state index in [1.54, 1.807) is 24.3 Å². The van der Waals surface area contributed by atoms with E-state index in [1.165, 1.54) is 6.07 Å². The van der Waals surface area contributed by atoms with Crippen LogP contribution in [0.25, 0.3) is 0 Å². The Labute approximate surface area is 106 Å². The van der Waals surface area contributed by atoms with Gasteiger partial charge in [-0.3, -0.25) is 0 Å². The molecule has 2 aromatic rings. The van der Waals surface area contributed by atoms with Gasteiger partial charge in [-0.05, 0) is 37.3 Å². The first-order valence-electron chi connectivity index (χ1n) is 5.80. The summed E-state index contributed by atoms with van der Waals surface area (Å²) >= 11 is 0. The second kappa shape index (κ2) is 4.96. The van der Waals surface area contributed by atoms with Crippen molar-refractivity contribution in [1.82, 2.24) is 0 Å². The van der Waals surface area contributed by atoms with Crippen LogP contribution >= 0.6 is 0 Å². The van der Waals surface area contributed by atoms with Gasteiger partial charge in [-0.1, -0.05) is 12.1 Å². The van der Waals surface area contributed by atoms with Crippen LogP contribution in [0.2, 0.25) is 0 Å². The Bertz CT molecular complexity index is 554. The summed E-state index contributed by atoms with van der Waals surface area (Å²) in [6.45, 7) is 2.60. The molecular weight excluding hydrogens is 229 g/mol. The molecule has 0 radical (unpaired) electrons.